The molecule has 0 amide bonds. The maximum absolute atomic E-state index is 5.84. The van der Waals surface area contributed by atoms with E-state index < -0.39 is 0 Å². The summed E-state index contributed by atoms with van der Waals surface area (Å²) < 4.78 is 5.44. The van der Waals surface area contributed by atoms with E-state index >= 15 is 0 Å². The second kappa shape index (κ2) is 4.51. The number of rotatable bonds is 2. The summed E-state index contributed by atoms with van der Waals surface area (Å²) in [7, 11) is 0. The van der Waals surface area contributed by atoms with Crippen LogP contribution >= 0.6 is 23.2 Å². The Balaban J connectivity index is 2.22. The zero-order valence-electron chi connectivity index (χ0n) is 7.58. The highest BCUT2D eigenvalue weighted by atomic mass is 35.5. The fraction of sp³-hybridized carbons (Fsp3) is 0. The molecule has 1 aromatic carbocycles. The molecular weight excluding hydrogens is 233 g/mol. The van der Waals surface area contributed by atoms with Gasteiger partial charge in [-0.15, -0.1) is 0 Å². The maximum Gasteiger partial charge on any atom is 0.219 e. The van der Waals surface area contributed by atoms with E-state index in [1.165, 1.54) is 6.20 Å². The minimum Gasteiger partial charge on any atom is -0.439 e. The van der Waals surface area contributed by atoms with Gasteiger partial charge in [-0.1, -0.05) is 23.2 Å². The predicted octanol–water partition coefficient (Wildman–Crippen LogP) is 3.98. The van der Waals surface area contributed by atoms with Crippen molar-refractivity contribution >= 4 is 23.2 Å². The van der Waals surface area contributed by atoms with Gasteiger partial charge in [-0.25, -0.2) is 4.98 Å². The second-order valence-corrected chi connectivity index (χ2v) is 3.59. The van der Waals surface area contributed by atoms with E-state index in [0.29, 0.717) is 21.7 Å². The predicted molar refractivity (Wildman–Crippen MR) is 59.6 cm³/mol. The Morgan fingerprint density at radius 1 is 1.13 bits per heavy atom. The van der Waals surface area contributed by atoms with Gasteiger partial charge in [0, 0.05) is 24.4 Å². The smallest absolute Gasteiger partial charge is 0.219 e. The molecule has 1 aromatic heterocycles. The molecule has 2 nitrogen and oxygen atoms in total. The first-order valence-corrected chi connectivity index (χ1v) is 4.96. The number of nitrogens with zero attached hydrogens (tertiary/aromatic N) is 1. The number of halogens is 2. The number of ether oxygens (including phenoxy) is 1. The van der Waals surface area contributed by atoms with Gasteiger partial charge in [0.15, 0.2) is 0 Å². The SMILES string of the molecule is Clc1ccc(Oc2cc[c]cn2)cc1Cl. The third-order valence-electron chi connectivity index (χ3n) is 1.70. The largest absolute Gasteiger partial charge is 0.439 e. The van der Waals surface area contributed by atoms with E-state index in [-0.39, 0.29) is 0 Å². The topological polar surface area (TPSA) is 22.1 Å². The molecule has 4 heteroatoms. The van der Waals surface area contributed by atoms with Crippen molar-refractivity contribution in [3.05, 3.63) is 52.6 Å². The van der Waals surface area contributed by atoms with Gasteiger partial charge in [0.25, 0.3) is 0 Å². The summed E-state index contributed by atoms with van der Waals surface area (Å²) in [6.45, 7) is 0. The van der Waals surface area contributed by atoms with Crippen molar-refractivity contribution in [2.24, 2.45) is 0 Å². The molecule has 0 saturated heterocycles. The molecule has 75 valence electrons. The van der Waals surface area contributed by atoms with Gasteiger partial charge in [0.2, 0.25) is 5.88 Å². The Morgan fingerprint density at radius 3 is 2.67 bits per heavy atom. The quantitative estimate of drug-likeness (QED) is 0.790. The van der Waals surface area contributed by atoms with E-state index in [1.807, 2.05) is 0 Å². The first-order chi connectivity index (χ1) is 7.25. The van der Waals surface area contributed by atoms with E-state index in [4.69, 9.17) is 27.9 Å². The Bertz CT molecular complexity index is 459. The zero-order valence-corrected chi connectivity index (χ0v) is 9.09. The molecule has 0 aliphatic heterocycles. The number of hydrogen-bond acceptors (Lipinski definition) is 2. The van der Waals surface area contributed by atoms with Gasteiger partial charge in [-0.05, 0) is 18.2 Å². The van der Waals surface area contributed by atoms with Gasteiger partial charge < -0.3 is 4.74 Å². The molecule has 0 atom stereocenters. The molecule has 2 rings (SSSR count). The molecule has 0 aliphatic carbocycles. The molecule has 0 N–H and O–H groups in total. The minimum atomic E-state index is 0.455. The summed E-state index contributed by atoms with van der Waals surface area (Å²) in [6.07, 6.45) is 1.53. The molecule has 0 fully saturated rings. The summed E-state index contributed by atoms with van der Waals surface area (Å²) in [5, 5.41) is 0.954. The highest BCUT2D eigenvalue weighted by molar-refractivity contribution is 6.42. The average molecular weight is 239 g/mol. The average Bonchev–Trinajstić information content (AvgIpc) is 2.25. The Kier molecular flexibility index (Phi) is 3.09. The van der Waals surface area contributed by atoms with Crippen molar-refractivity contribution in [3.63, 3.8) is 0 Å². The van der Waals surface area contributed by atoms with Gasteiger partial charge in [-0.3, -0.25) is 0 Å². The third-order valence-corrected chi connectivity index (χ3v) is 2.44. The third kappa shape index (κ3) is 2.61. The van der Waals surface area contributed by atoms with Crippen LogP contribution < -0.4 is 4.74 Å². The van der Waals surface area contributed by atoms with Crippen molar-refractivity contribution in [1.82, 2.24) is 4.98 Å². The Morgan fingerprint density at radius 2 is 2.00 bits per heavy atom. The molecule has 0 aliphatic rings. The van der Waals surface area contributed by atoms with Gasteiger partial charge in [-0.2, -0.15) is 0 Å². The van der Waals surface area contributed by atoms with Crippen molar-refractivity contribution < 1.29 is 4.74 Å². The zero-order chi connectivity index (χ0) is 10.7. The van der Waals surface area contributed by atoms with Crippen molar-refractivity contribution in [1.29, 1.82) is 0 Å². The Hall–Kier alpha value is -1.25. The number of hydrogen-bond donors (Lipinski definition) is 0. The molecule has 1 heterocycles. The standard InChI is InChI=1S/C11H6Cl2NO/c12-9-5-4-8(7-10(9)13)15-11-3-1-2-6-14-11/h1,3-7H. The lowest BCUT2D eigenvalue weighted by atomic mass is 10.3. The van der Waals surface area contributed by atoms with Gasteiger partial charge in [0.05, 0.1) is 10.0 Å². The van der Waals surface area contributed by atoms with Crippen LogP contribution in [0.15, 0.2) is 36.5 Å². The van der Waals surface area contributed by atoms with Crippen LogP contribution in [0.2, 0.25) is 10.0 Å². The van der Waals surface area contributed by atoms with Crippen LogP contribution in [0, 0.1) is 6.07 Å². The van der Waals surface area contributed by atoms with Gasteiger partial charge in [0.1, 0.15) is 5.75 Å². The second-order valence-electron chi connectivity index (χ2n) is 2.77. The van der Waals surface area contributed by atoms with E-state index in [2.05, 4.69) is 11.1 Å². The summed E-state index contributed by atoms with van der Waals surface area (Å²) in [4.78, 5) is 3.97. The normalized spacial score (nSPS) is 10.0. The molecule has 0 bridgehead atoms. The Labute approximate surface area is 97.4 Å². The fourth-order valence-electron chi connectivity index (χ4n) is 1.03. The fourth-order valence-corrected chi connectivity index (χ4v) is 1.32. The minimum absolute atomic E-state index is 0.455. The van der Waals surface area contributed by atoms with Crippen LogP contribution in [-0.4, -0.2) is 4.98 Å². The number of benzene rings is 1. The van der Waals surface area contributed by atoms with Crippen LogP contribution in [-0.2, 0) is 0 Å². The van der Waals surface area contributed by atoms with Crippen molar-refractivity contribution in [2.75, 3.05) is 0 Å². The first-order valence-electron chi connectivity index (χ1n) is 4.21. The monoisotopic (exact) mass is 238 g/mol. The molecule has 0 unspecified atom stereocenters. The van der Waals surface area contributed by atoms with Crippen LogP contribution in [0.3, 0.4) is 0 Å². The molecule has 0 spiro atoms. The summed E-state index contributed by atoms with van der Waals surface area (Å²) in [5.41, 5.74) is 0. The van der Waals surface area contributed by atoms with E-state index in [9.17, 15) is 0 Å². The van der Waals surface area contributed by atoms with Crippen LogP contribution in [0.5, 0.6) is 11.6 Å². The lowest BCUT2D eigenvalue weighted by Crippen LogP contribution is -1.86. The molecule has 0 saturated carbocycles. The molecule has 15 heavy (non-hydrogen) atoms. The highest BCUT2D eigenvalue weighted by Crippen LogP contribution is 2.28. The lowest BCUT2D eigenvalue weighted by molar-refractivity contribution is 0.463. The van der Waals surface area contributed by atoms with Crippen molar-refractivity contribution in [3.8, 4) is 11.6 Å². The number of pyridine rings is 1. The summed E-state index contributed by atoms with van der Waals surface area (Å²) in [5.74, 6) is 1.09. The van der Waals surface area contributed by atoms with Crippen molar-refractivity contribution in [2.45, 2.75) is 0 Å². The summed E-state index contributed by atoms with van der Waals surface area (Å²) >= 11 is 11.6. The number of aromatic nitrogens is 1. The summed E-state index contributed by atoms with van der Waals surface area (Å²) in [6, 6.07) is 11.3. The maximum atomic E-state index is 5.84. The molecule has 1 radical (unpaired) electrons. The lowest BCUT2D eigenvalue weighted by Gasteiger charge is -2.04. The van der Waals surface area contributed by atoms with E-state index in [0.717, 1.165) is 0 Å². The van der Waals surface area contributed by atoms with Gasteiger partial charge >= 0.3 is 0 Å². The molecular formula is C11H6Cl2NO. The van der Waals surface area contributed by atoms with E-state index in [1.54, 1.807) is 30.3 Å². The first kappa shape index (κ1) is 10.3. The van der Waals surface area contributed by atoms with Crippen LogP contribution in [0.25, 0.3) is 0 Å². The van der Waals surface area contributed by atoms with Crippen LogP contribution in [0.4, 0.5) is 0 Å². The molecule has 2 aromatic rings. The highest BCUT2D eigenvalue weighted by Gasteiger charge is 2.01. The van der Waals surface area contributed by atoms with Crippen LogP contribution in [0.1, 0.15) is 0 Å².